The number of hydrogen-bond acceptors (Lipinski definition) is 2. The smallest absolute Gasteiger partial charge is 0.262 e. The van der Waals surface area contributed by atoms with Gasteiger partial charge in [-0.3, -0.25) is 4.79 Å². The van der Waals surface area contributed by atoms with Crippen LogP contribution < -0.4 is 10.1 Å². The van der Waals surface area contributed by atoms with Crippen molar-refractivity contribution in [1.82, 2.24) is 0 Å². The Morgan fingerprint density at radius 2 is 1.81 bits per heavy atom. The highest BCUT2D eigenvalue weighted by atomic mass is 35.5. The van der Waals surface area contributed by atoms with E-state index in [0.29, 0.717) is 10.8 Å². The van der Waals surface area contributed by atoms with Crippen molar-refractivity contribution in [2.24, 2.45) is 0 Å². The van der Waals surface area contributed by atoms with Crippen molar-refractivity contribution in [3.63, 3.8) is 0 Å². The molecule has 26 heavy (non-hydrogen) atoms. The van der Waals surface area contributed by atoms with Gasteiger partial charge in [-0.2, -0.15) is 0 Å². The lowest BCUT2D eigenvalue weighted by molar-refractivity contribution is -0.118. The van der Waals surface area contributed by atoms with E-state index in [1.54, 1.807) is 0 Å². The van der Waals surface area contributed by atoms with Gasteiger partial charge in [-0.25, -0.2) is 0 Å². The van der Waals surface area contributed by atoms with Crippen LogP contribution in [-0.2, 0) is 4.79 Å². The fraction of sp³-hybridized carbons (Fsp3) is 0.227. The van der Waals surface area contributed by atoms with Crippen LogP contribution in [0.3, 0.4) is 0 Å². The summed E-state index contributed by atoms with van der Waals surface area (Å²) in [6, 6.07) is 17.7. The summed E-state index contributed by atoms with van der Waals surface area (Å²) in [5.74, 6) is 0.768. The molecular formula is C22H22ClNO2. The van der Waals surface area contributed by atoms with Crippen LogP contribution in [0.4, 0.5) is 5.69 Å². The second-order valence-corrected chi connectivity index (χ2v) is 7.10. The molecule has 0 aliphatic rings. The molecule has 4 heteroatoms. The predicted molar refractivity (Wildman–Crippen MR) is 108 cm³/mol. The predicted octanol–water partition coefficient (Wildman–Crippen LogP) is 5.94. The lowest BCUT2D eigenvalue weighted by Gasteiger charge is -2.16. The maximum atomic E-state index is 12.3. The Morgan fingerprint density at radius 1 is 1.08 bits per heavy atom. The minimum absolute atomic E-state index is 0.0480. The van der Waals surface area contributed by atoms with Gasteiger partial charge >= 0.3 is 0 Å². The first-order chi connectivity index (χ1) is 12.4. The minimum atomic E-state index is -0.192. The van der Waals surface area contributed by atoms with Crippen LogP contribution in [0.25, 0.3) is 10.8 Å². The van der Waals surface area contributed by atoms with E-state index in [4.69, 9.17) is 16.3 Å². The molecular weight excluding hydrogens is 346 g/mol. The zero-order valence-electron chi connectivity index (χ0n) is 15.2. The fourth-order valence-corrected chi connectivity index (χ4v) is 3.03. The third-order valence-corrected chi connectivity index (χ3v) is 4.71. The summed E-state index contributed by atoms with van der Waals surface area (Å²) in [6.45, 7) is 6.02. The minimum Gasteiger partial charge on any atom is -0.483 e. The summed E-state index contributed by atoms with van der Waals surface area (Å²) in [7, 11) is 0. The van der Waals surface area contributed by atoms with Gasteiger partial charge in [-0.1, -0.05) is 55.8 Å². The van der Waals surface area contributed by atoms with Crippen LogP contribution in [0.15, 0.2) is 54.6 Å². The van der Waals surface area contributed by atoms with Crippen molar-refractivity contribution >= 4 is 34.0 Å². The normalized spacial score (nSPS) is 11.0. The largest absolute Gasteiger partial charge is 0.483 e. The number of carbonyl (C=O) groups is 1. The van der Waals surface area contributed by atoms with Gasteiger partial charge < -0.3 is 10.1 Å². The number of amides is 1. The zero-order valence-corrected chi connectivity index (χ0v) is 15.9. The Morgan fingerprint density at radius 3 is 2.54 bits per heavy atom. The van der Waals surface area contributed by atoms with Crippen molar-refractivity contribution in [3.05, 3.63) is 70.7 Å². The highest BCUT2D eigenvalue weighted by Crippen LogP contribution is 2.32. The second kappa shape index (κ2) is 7.79. The first kappa shape index (κ1) is 18.3. The van der Waals surface area contributed by atoms with Gasteiger partial charge in [-0.15, -0.1) is 0 Å². The van der Waals surface area contributed by atoms with Crippen molar-refractivity contribution in [3.8, 4) is 5.75 Å². The van der Waals surface area contributed by atoms with Crippen LogP contribution in [0, 0.1) is 6.92 Å². The molecule has 0 atom stereocenters. The van der Waals surface area contributed by atoms with Gasteiger partial charge in [0.15, 0.2) is 6.61 Å². The van der Waals surface area contributed by atoms with Gasteiger partial charge in [0.25, 0.3) is 5.91 Å². The highest BCUT2D eigenvalue weighted by Gasteiger charge is 2.13. The molecule has 0 fully saturated rings. The van der Waals surface area contributed by atoms with E-state index in [-0.39, 0.29) is 18.4 Å². The second-order valence-electron chi connectivity index (χ2n) is 6.69. The number of anilines is 1. The van der Waals surface area contributed by atoms with E-state index in [1.807, 2.05) is 61.5 Å². The van der Waals surface area contributed by atoms with Crippen LogP contribution >= 0.6 is 11.6 Å². The van der Waals surface area contributed by atoms with Gasteiger partial charge in [0.2, 0.25) is 0 Å². The van der Waals surface area contributed by atoms with E-state index in [0.717, 1.165) is 27.6 Å². The number of nitrogens with one attached hydrogen (secondary N) is 1. The Bertz CT molecular complexity index is 950. The Kier molecular flexibility index (Phi) is 5.48. The number of carbonyl (C=O) groups excluding carboxylic acids is 1. The van der Waals surface area contributed by atoms with E-state index < -0.39 is 0 Å². The summed E-state index contributed by atoms with van der Waals surface area (Å²) in [4.78, 5) is 12.3. The molecule has 3 aromatic carbocycles. The summed E-state index contributed by atoms with van der Waals surface area (Å²) in [6.07, 6.45) is 0. The molecule has 1 N–H and O–H groups in total. The molecule has 0 bridgehead atoms. The average Bonchev–Trinajstić information content (AvgIpc) is 2.62. The van der Waals surface area contributed by atoms with E-state index >= 15 is 0 Å². The summed E-state index contributed by atoms with van der Waals surface area (Å²) in [5.41, 5.74) is 2.69. The lowest BCUT2D eigenvalue weighted by Crippen LogP contribution is -2.20. The third-order valence-electron chi connectivity index (χ3n) is 4.31. The van der Waals surface area contributed by atoms with Gasteiger partial charge in [-0.05, 0) is 59.0 Å². The van der Waals surface area contributed by atoms with E-state index in [2.05, 4.69) is 19.2 Å². The maximum Gasteiger partial charge on any atom is 0.262 e. The van der Waals surface area contributed by atoms with Gasteiger partial charge in [0.1, 0.15) is 5.75 Å². The molecule has 0 aliphatic heterocycles. The molecule has 0 aromatic heterocycles. The van der Waals surface area contributed by atoms with Crippen molar-refractivity contribution in [2.75, 3.05) is 11.9 Å². The monoisotopic (exact) mass is 367 g/mol. The fourth-order valence-electron chi connectivity index (χ4n) is 2.85. The average molecular weight is 368 g/mol. The van der Waals surface area contributed by atoms with E-state index in [1.165, 1.54) is 0 Å². The Hall–Kier alpha value is -2.52. The SMILES string of the molecule is Cc1cc(OCC(=O)Nc2ccc3ccccc3c2)c(C(C)C)cc1Cl. The first-order valence-electron chi connectivity index (χ1n) is 8.65. The zero-order chi connectivity index (χ0) is 18.7. The lowest BCUT2D eigenvalue weighted by atomic mass is 10.0. The molecule has 0 saturated carbocycles. The molecule has 3 nitrogen and oxygen atoms in total. The standard InChI is InChI=1S/C22H22ClNO2/c1-14(2)19-12-20(23)15(3)10-21(19)26-13-22(25)24-18-9-8-16-6-4-5-7-17(16)11-18/h4-12,14H,13H2,1-3H3,(H,24,25). The molecule has 3 aromatic rings. The Balaban J connectivity index is 1.69. The van der Waals surface area contributed by atoms with Crippen molar-refractivity contribution in [1.29, 1.82) is 0 Å². The topological polar surface area (TPSA) is 38.3 Å². The molecule has 0 saturated heterocycles. The number of hydrogen-bond donors (Lipinski definition) is 1. The molecule has 134 valence electrons. The number of aryl methyl sites for hydroxylation is 1. The highest BCUT2D eigenvalue weighted by molar-refractivity contribution is 6.31. The first-order valence-corrected chi connectivity index (χ1v) is 9.03. The maximum absolute atomic E-state index is 12.3. The van der Waals surface area contributed by atoms with Crippen molar-refractivity contribution in [2.45, 2.75) is 26.7 Å². The van der Waals surface area contributed by atoms with Crippen LogP contribution in [0.1, 0.15) is 30.9 Å². The number of ether oxygens (including phenoxy) is 1. The molecule has 0 spiro atoms. The van der Waals surface area contributed by atoms with Crippen LogP contribution in [-0.4, -0.2) is 12.5 Å². The van der Waals surface area contributed by atoms with E-state index in [9.17, 15) is 4.79 Å². The van der Waals surface area contributed by atoms with Gasteiger partial charge in [0.05, 0.1) is 0 Å². The third kappa shape index (κ3) is 4.17. The number of benzene rings is 3. The molecule has 1 amide bonds. The quantitative estimate of drug-likeness (QED) is 0.605. The van der Waals surface area contributed by atoms with Gasteiger partial charge in [0, 0.05) is 10.7 Å². The molecule has 0 unspecified atom stereocenters. The summed E-state index contributed by atoms with van der Waals surface area (Å²) >= 11 is 6.21. The molecule has 0 radical (unpaired) electrons. The summed E-state index contributed by atoms with van der Waals surface area (Å²) < 4.78 is 5.79. The molecule has 0 aliphatic carbocycles. The number of halogens is 1. The van der Waals surface area contributed by atoms with Crippen LogP contribution in [0.2, 0.25) is 5.02 Å². The molecule has 3 rings (SSSR count). The number of rotatable bonds is 5. The van der Waals surface area contributed by atoms with Crippen molar-refractivity contribution < 1.29 is 9.53 Å². The Labute approximate surface area is 158 Å². The molecule has 0 heterocycles. The van der Waals surface area contributed by atoms with Crippen LogP contribution in [0.5, 0.6) is 5.75 Å². The number of fused-ring (bicyclic) bond motifs is 1. The summed E-state index contributed by atoms with van der Waals surface area (Å²) in [5, 5.41) is 5.82.